The zero-order chi connectivity index (χ0) is 21.5. The van der Waals surface area contributed by atoms with Gasteiger partial charge in [-0.1, -0.05) is 47.5 Å². The van der Waals surface area contributed by atoms with Crippen molar-refractivity contribution in [1.82, 2.24) is 9.97 Å². The Kier molecular flexibility index (Phi) is 5.63. The number of ether oxygens (including phenoxy) is 1. The molecule has 1 fully saturated rings. The lowest BCUT2D eigenvalue weighted by atomic mass is 10.1. The van der Waals surface area contributed by atoms with E-state index in [1.165, 1.54) is 11.1 Å². The molecule has 1 N–H and O–H groups in total. The molecule has 3 aromatic rings. The fraction of sp³-hybridized carbons (Fsp3) is 0.360. The van der Waals surface area contributed by atoms with E-state index in [0.717, 1.165) is 47.7 Å². The second-order valence-electron chi connectivity index (χ2n) is 8.31. The van der Waals surface area contributed by atoms with E-state index in [0.29, 0.717) is 22.6 Å². The van der Waals surface area contributed by atoms with Crippen molar-refractivity contribution in [3.05, 3.63) is 75.0 Å². The van der Waals surface area contributed by atoms with Crippen molar-refractivity contribution in [1.29, 1.82) is 0 Å². The number of benzene rings is 2. The van der Waals surface area contributed by atoms with Crippen LogP contribution in [0.2, 0.25) is 10.0 Å². The van der Waals surface area contributed by atoms with E-state index in [2.05, 4.69) is 29.6 Å². The molecule has 31 heavy (non-hydrogen) atoms. The van der Waals surface area contributed by atoms with Crippen LogP contribution in [-0.2, 0) is 11.2 Å². The highest BCUT2D eigenvalue weighted by molar-refractivity contribution is 6.36. The Morgan fingerprint density at radius 1 is 1.10 bits per heavy atom. The van der Waals surface area contributed by atoms with E-state index < -0.39 is 0 Å². The fourth-order valence-corrected chi connectivity index (χ4v) is 4.96. The lowest BCUT2D eigenvalue weighted by Crippen LogP contribution is -2.26. The summed E-state index contributed by atoms with van der Waals surface area (Å²) in [5.74, 6) is 1.29. The van der Waals surface area contributed by atoms with Crippen molar-refractivity contribution in [3.63, 3.8) is 0 Å². The Labute approximate surface area is 193 Å². The number of rotatable bonds is 6. The average Bonchev–Trinajstić information content (AvgIpc) is 3.53. The number of nitrogens with zero attached hydrogens (tertiary/aromatic N) is 2. The van der Waals surface area contributed by atoms with Crippen molar-refractivity contribution < 1.29 is 4.74 Å². The summed E-state index contributed by atoms with van der Waals surface area (Å²) in [5, 5.41) is 4.92. The predicted molar refractivity (Wildman–Crippen MR) is 126 cm³/mol. The van der Waals surface area contributed by atoms with Crippen LogP contribution < -0.4 is 5.32 Å². The highest BCUT2D eigenvalue weighted by Crippen LogP contribution is 2.45. The molecular weight excluding hydrogens is 429 g/mol. The molecule has 2 atom stereocenters. The van der Waals surface area contributed by atoms with Crippen LogP contribution in [0.25, 0.3) is 11.3 Å². The molecule has 6 heteroatoms. The van der Waals surface area contributed by atoms with Crippen molar-refractivity contribution in [2.75, 3.05) is 11.9 Å². The molecule has 2 aliphatic carbocycles. The van der Waals surface area contributed by atoms with Crippen molar-refractivity contribution in [2.45, 2.75) is 51.2 Å². The predicted octanol–water partition coefficient (Wildman–Crippen LogP) is 6.75. The lowest BCUT2D eigenvalue weighted by Gasteiger charge is -2.24. The zero-order valence-corrected chi connectivity index (χ0v) is 19.2. The summed E-state index contributed by atoms with van der Waals surface area (Å²) in [4.78, 5) is 10.1. The molecule has 160 valence electrons. The molecule has 0 bridgehead atoms. The average molecular weight is 454 g/mol. The second-order valence-corrected chi connectivity index (χ2v) is 9.15. The van der Waals surface area contributed by atoms with Crippen LogP contribution in [-0.4, -0.2) is 22.7 Å². The Hall–Kier alpha value is -2.14. The largest absolute Gasteiger partial charge is 0.376 e. The molecule has 0 radical (unpaired) electrons. The SMILES string of the molecule is CCO[C@H]1Cc2ccccc2C1Nc1nc(C)c(-c2ccc(Cl)cc2Cl)nc1C1CC1. The standard InChI is InChI=1S/C25H25Cl2N3O/c1-3-31-21-12-16-6-4-5-7-18(16)24(21)30-25-23(15-8-9-15)29-22(14(2)28-25)19-11-10-17(26)13-20(19)27/h4-7,10-11,13,15,21,24H,3,8-9,12H2,1-2H3,(H,28,30)/t21-,24?/m0/s1. The lowest BCUT2D eigenvalue weighted by molar-refractivity contribution is 0.0573. The van der Waals surface area contributed by atoms with Crippen molar-refractivity contribution in [2.24, 2.45) is 0 Å². The summed E-state index contributed by atoms with van der Waals surface area (Å²) in [6.45, 7) is 4.72. The van der Waals surface area contributed by atoms with E-state index in [-0.39, 0.29) is 12.1 Å². The number of nitrogens with one attached hydrogen (secondary N) is 1. The molecule has 1 saturated carbocycles. The topological polar surface area (TPSA) is 47.0 Å². The molecule has 0 amide bonds. The number of aromatic nitrogens is 2. The Bertz CT molecular complexity index is 1130. The summed E-state index contributed by atoms with van der Waals surface area (Å²) in [6.07, 6.45) is 3.26. The van der Waals surface area contributed by atoms with Gasteiger partial charge in [0.1, 0.15) is 5.82 Å². The summed E-state index contributed by atoms with van der Waals surface area (Å²) < 4.78 is 6.10. The molecular formula is C25H25Cl2N3O. The van der Waals surface area contributed by atoms with Crippen molar-refractivity contribution >= 4 is 29.0 Å². The molecule has 1 aromatic heterocycles. The number of fused-ring (bicyclic) bond motifs is 1. The van der Waals surface area contributed by atoms with Crippen LogP contribution in [0.15, 0.2) is 42.5 Å². The van der Waals surface area contributed by atoms with Crippen LogP contribution in [0, 0.1) is 6.92 Å². The molecule has 5 rings (SSSR count). The van der Waals surface area contributed by atoms with E-state index in [9.17, 15) is 0 Å². The molecule has 0 saturated heterocycles. The van der Waals surface area contributed by atoms with Crippen LogP contribution in [0.4, 0.5) is 5.82 Å². The number of aryl methyl sites for hydroxylation is 1. The maximum absolute atomic E-state index is 6.49. The first-order valence-electron chi connectivity index (χ1n) is 10.8. The molecule has 1 heterocycles. The number of halogens is 2. The smallest absolute Gasteiger partial charge is 0.148 e. The summed E-state index contributed by atoms with van der Waals surface area (Å²) in [5.41, 5.74) is 6.17. The Morgan fingerprint density at radius 2 is 1.90 bits per heavy atom. The van der Waals surface area contributed by atoms with Crippen LogP contribution in [0.5, 0.6) is 0 Å². The second kappa shape index (κ2) is 8.42. The maximum Gasteiger partial charge on any atom is 0.148 e. The minimum absolute atomic E-state index is 0.0623. The molecule has 2 aliphatic rings. The third-order valence-electron chi connectivity index (χ3n) is 6.10. The van der Waals surface area contributed by atoms with Crippen LogP contribution in [0.3, 0.4) is 0 Å². The number of hydrogen-bond donors (Lipinski definition) is 1. The van der Waals surface area contributed by atoms with Gasteiger partial charge in [0.25, 0.3) is 0 Å². The third kappa shape index (κ3) is 4.05. The summed E-state index contributed by atoms with van der Waals surface area (Å²) >= 11 is 12.6. The highest BCUT2D eigenvalue weighted by atomic mass is 35.5. The van der Waals surface area contributed by atoms with Gasteiger partial charge >= 0.3 is 0 Å². The third-order valence-corrected chi connectivity index (χ3v) is 6.65. The van der Waals surface area contributed by atoms with Gasteiger partial charge in [-0.3, -0.25) is 0 Å². The van der Waals surface area contributed by atoms with Gasteiger partial charge in [0, 0.05) is 29.5 Å². The van der Waals surface area contributed by atoms with Crippen molar-refractivity contribution in [3.8, 4) is 11.3 Å². The highest BCUT2D eigenvalue weighted by Gasteiger charge is 2.36. The number of hydrogen-bond acceptors (Lipinski definition) is 4. The van der Waals surface area contributed by atoms with E-state index in [4.69, 9.17) is 37.9 Å². The van der Waals surface area contributed by atoms with Gasteiger partial charge in [-0.05, 0) is 56.0 Å². The molecule has 2 aromatic carbocycles. The first kappa shape index (κ1) is 20.7. The van der Waals surface area contributed by atoms with Crippen LogP contribution >= 0.6 is 23.2 Å². The summed E-state index contributed by atoms with van der Waals surface area (Å²) in [6, 6.07) is 14.1. The van der Waals surface area contributed by atoms with E-state index in [1.807, 2.05) is 26.0 Å². The van der Waals surface area contributed by atoms with Gasteiger partial charge in [0.15, 0.2) is 0 Å². The van der Waals surface area contributed by atoms with Crippen LogP contribution in [0.1, 0.15) is 54.2 Å². The molecule has 0 spiro atoms. The minimum atomic E-state index is 0.0623. The Balaban J connectivity index is 1.54. The fourth-order valence-electron chi connectivity index (χ4n) is 4.46. The minimum Gasteiger partial charge on any atom is -0.376 e. The Morgan fingerprint density at radius 3 is 2.65 bits per heavy atom. The van der Waals surface area contributed by atoms with Gasteiger partial charge in [0.2, 0.25) is 0 Å². The van der Waals surface area contributed by atoms with E-state index in [1.54, 1.807) is 6.07 Å². The van der Waals surface area contributed by atoms with Gasteiger partial charge in [-0.2, -0.15) is 0 Å². The maximum atomic E-state index is 6.49. The normalized spacial score (nSPS) is 20.0. The van der Waals surface area contributed by atoms with Gasteiger partial charge in [-0.15, -0.1) is 0 Å². The monoisotopic (exact) mass is 453 g/mol. The first-order valence-corrected chi connectivity index (χ1v) is 11.6. The summed E-state index contributed by atoms with van der Waals surface area (Å²) in [7, 11) is 0. The van der Waals surface area contributed by atoms with Gasteiger partial charge in [0.05, 0.1) is 34.3 Å². The zero-order valence-electron chi connectivity index (χ0n) is 17.7. The first-order chi connectivity index (χ1) is 15.0. The molecule has 1 unspecified atom stereocenters. The van der Waals surface area contributed by atoms with Gasteiger partial charge in [-0.25, -0.2) is 9.97 Å². The quantitative estimate of drug-likeness (QED) is 0.448. The van der Waals surface area contributed by atoms with Gasteiger partial charge < -0.3 is 10.1 Å². The molecule has 4 nitrogen and oxygen atoms in total. The van der Waals surface area contributed by atoms with E-state index >= 15 is 0 Å². The number of anilines is 1. The molecule has 0 aliphatic heterocycles.